The number of fused-ring (bicyclic) bond motifs is 1. The lowest BCUT2D eigenvalue weighted by molar-refractivity contribution is 0.0127. The molecule has 3 unspecified atom stereocenters. The lowest BCUT2D eigenvalue weighted by Crippen LogP contribution is -2.59. The molecule has 0 bridgehead atoms. The van der Waals surface area contributed by atoms with E-state index in [0.717, 1.165) is 25.6 Å². The third-order valence-electron chi connectivity index (χ3n) is 4.79. The molecule has 0 spiro atoms. The molecule has 0 radical (unpaired) electrons. The molecule has 0 amide bonds. The molecule has 3 atom stereocenters. The van der Waals surface area contributed by atoms with Gasteiger partial charge in [0, 0.05) is 37.8 Å². The number of piperazine rings is 1. The van der Waals surface area contributed by atoms with Crippen LogP contribution >= 0.6 is 0 Å². The second-order valence-electron chi connectivity index (χ2n) is 6.21. The molecule has 4 heteroatoms. The first-order valence-electron chi connectivity index (χ1n) is 8.07. The van der Waals surface area contributed by atoms with Crippen molar-refractivity contribution in [3.8, 4) is 0 Å². The van der Waals surface area contributed by atoms with Gasteiger partial charge in [0.15, 0.2) is 0 Å². The van der Waals surface area contributed by atoms with E-state index in [2.05, 4.69) is 29.0 Å². The molecule has 19 heavy (non-hydrogen) atoms. The average molecular weight is 269 g/mol. The van der Waals surface area contributed by atoms with E-state index in [1.165, 1.54) is 38.9 Å². The zero-order valence-electron chi connectivity index (χ0n) is 12.6. The van der Waals surface area contributed by atoms with Crippen LogP contribution in [-0.4, -0.2) is 72.4 Å². The van der Waals surface area contributed by atoms with Gasteiger partial charge in [0.2, 0.25) is 0 Å². The standard InChI is InChI=1S/C15H31N3O/c1-3-16-14(12-19)7-9-17-11-15-6-4-5-8-18(15)10-13(17)2/h13-16,19H,3-12H2,1-2H3. The van der Waals surface area contributed by atoms with E-state index < -0.39 is 0 Å². The normalized spacial score (nSPS) is 31.1. The number of hydrogen-bond donors (Lipinski definition) is 2. The molecular formula is C15H31N3O. The Hall–Kier alpha value is -0.160. The lowest BCUT2D eigenvalue weighted by Gasteiger charge is -2.47. The third kappa shape index (κ3) is 4.15. The van der Waals surface area contributed by atoms with E-state index in [4.69, 9.17) is 0 Å². The molecule has 0 aromatic rings. The molecule has 4 nitrogen and oxygen atoms in total. The van der Waals surface area contributed by atoms with Crippen LogP contribution in [0.4, 0.5) is 0 Å². The summed E-state index contributed by atoms with van der Waals surface area (Å²) >= 11 is 0. The highest BCUT2D eigenvalue weighted by Crippen LogP contribution is 2.24. The Balaban J connectivity index is 1.79. The Morgan fingerprint density at radius 3 is 2.89 bits per heavy atom. The van der Waals surface area contributed by atoms with Gasteiger partial charge in [0.05, 0.1) is 6.61 Å². The number of aliphatic hydroxyl groups is 1. The highest BCUT2D eigenvalue weighted by Gasteiger charge is 2.32. The van der Waals surface area contributed by atoms with Gasteiger partial charge in [-0.2, -0.15) is 0 Å². The summed E-state index contributed by atoms with van der Waals surface area (Å²) in [6.07, 6.45) is 5.22. The van der Waals surface area contributed by atoms with Crippen LogP contribution in [0.2, 0.25) is 0 Å². The van der Waals surface area contributed by atoms with Crippen LogP contribution in [-0.2, 0) is 0 Å². The molecule has 0 saturated carbocycles. The first-order chi connectivity index (χ1) is 9.24. The fraction of sp³-hybridized carbons (Fsp3) is 1.00. The quantitative estimate of drug-likeness (QED) is 0.752. The van der Waals surface area contributed by atoms with Gasteiger partial charge >= 0.3 is 0 Å². The largest absolute Gasteiger partial charge is 0.395 e. The smallest absolute Gasteiger partial charge is 0.0585 e. The number of nitrogens with zero attached hydrogens (tertiary/aromatic N) is 2. The molecule has 2 N–H and O–H groups in total. The summed E-state index contributed by atoms with van der Waals surface area (Å²) in [4.78, 5) is 5.32. The molecule has 0 aliphatic carbocycles. The van der Waals surface area contributed by atoms with Crippen molar-refractivity contribution in [1.29, 1.82) is 0 Å². The van der Waals surface area contributed by atoms with Crippen LogP contribution in [0.1, 0.15) is 39.5 Å². The zero-order valence-corrected chi connectivity index (χ0v) is 12.6. The Bertz CT molecular complexity index is 262. The minimum absolute atomic E-state index is 0.256. The molecular weight excluding hydrogens is 238 g/mol. The SMILES string of the molecule is CCNC(CO)CCN1CC2CCCCN2CC1C. The van der Waals surface area contributed by atoms with Crippen molar-refractivity contribution in [2.45, 2.75) is 57.7 Å². The van der Waals surface area contributed by atoms with Gasteiger partial charge in [0.1, 0.15) is 0 Å². The molecule has 2 rings (SSSR count). The first-order valence-corrected chi connectivity index (χ1v) is 8.07. The summed E-state index contributed by atoms with van der Waals surface area (Å²) in [6.45, 7) is 10.5. The van der Waals surface area contributed by atoms with Crippen molar-refractivity contribution >= 4 is 0 Å². The van der Waals surface area contributed by atoms with E-state index in [-0.39, 0.29) is 12.6 Å². The van der Waals surface area contributed by atoms with E-state index >= 15 is 0 Å². The van der Waals surface area contributed by atoms with Crippen LogP contribution in [0.5, 0.6) is 0 Å². The van der Waals surface area contributed by atoms with Crippen molar-refractivity contribution in [1.82, 2.24) is 15.1 Å². The van der Waals surface area contributed by atoms with Crippen molar-refractivity contribution in [3.63, 3.8) is 0 Å². The minimum atomic E-state index is 0.256. The van der Waals surface area contributed by atoms with Crippen LogP contribution in [0.15, 0.2) is 0 Å². The second kappa shape index (κ2) is 7.58. The highest BCUT2D eigenvalue weighted by molar-refractivity contribution is 4.89. The van der Waals surface area contributed by atoms with E-state index in [0.29, 0.717) is 6.04 Å². The van der Waals surface area contributed by atoms with Gasteiger partial charge in [0.25, 0.3) is 0 Å². The number of nitrogens with one attached hydrogen (secondary N) is 1. The lowest BCUT2D eigenvalue weighted by atomic mass is 9.97. The van der Waals surface area contributed by atoms with Gasteiger partial charge in [-0.05, 0) is 39.3 Å². The van der Waals surface area contributed by atoms with Crippen LogP contribution in [0.3, 0.4) is 0 Å². The van der Waals surface area contributed by atoms with Crippen LogP contribution < -0.4 is 5.32 Å². The molecule has 2 heterocycles. The average Bonchev–Trinajstić information content (AvgIpc) is 2.43. The van der Waals surface area contributed by atoms with Gasteiger partial charge < -0.3 is 10.4 Å². The fourth-order valence-corrected chi connectivity index (χ4v) is 3.59. The maximum atomic E-state index is 9.35. The summed E-state index contributed by atoms with van der Waals surface area (Å²) in [5.74, 6) is 0. The maximum Gasteiger partial charge on any atom is 0.0585 e. The molecule has 2 aliphatic heterocycles. The van der Waals surface area contributed by atoms with Crippen molar-refractivity contribution in [2.24, 2.45) is 0 Å². The highest BCUT2D eigenvalue weighted by atomic mass is 16.3. The number of rotatable bonds is 6. The summed E-state index contributed by atoms with van der Waals surface area (Å²) in [6, 6.07) is 1.72. The topological polar surface area (TPSA) is 38.7 Å². The van der Waals surface area contributed by atoms with Crippen molar-refractivity contribution in [3.05, 3.63) is 0 Å². The number of piperidine rings is 1. The first kappa shape index (κ1) is 15.2. The predicted octanol–water partition coefficient (Wildman–Crippen LogP) is 0.906. The Kier molecular flexibility index (Phi) is 6.07. The Morgan fingerprint density at radius 2 is 2.16 bits per heavy atom. The molecule has 0 aromatic heterocycles. The molecule has 2 aliphatic rings. The van der Waals surface area contributed by atoms with Crippen molar-refractivity contribution in [2.75, 3.05) is 39.3 Å². The third-order valence-corrected chi connectivity index (χ3v) is 4.79. The zero-order chi connectivity index (χ0) is 13.7. The fourth-order valence-electron chi connectivity index (χ4n) is 3.59. The number of hydrogen-bond acceptors (Lipinski definition) is 4. The summed E-state index contributed by atoms with van der Waals surface area (Å²) in [5, 5.41) is 12.7. The van der Waals surface area contributed by atoms with Crippen LogP contribution in [0, 0.1) is 0 Å². The van der Waals surface area contributed by atoms with Crippen LogP contribution in [0.25, 0.3) is 0 Å². The number of likely N-dealkylation sites (N-methyl/N-ethyl adjacent to an activating group) is 1. The maximum absolute atomic E-state index is 9.35. The van der Waals surface area contributed by atoms with Gasteiger partial charge in [-0.15, -0.1) is 0 Å². The Labute approximate surface area is 118 Å². The molecule has 112 valence electrons. The summed E-state index contributed by atoms with van der Waals surface area (Å²) in [5.41, 5.74) is 0. The van der Waals surface area contributed by atoms with Gasteiger partial charge in [-0.3, -0.25) is 9.80 Å². The summed E-state index contributed by atoms with van der Waals surface area (Å²) in [7, 11) is 0. The minimum Gasteiger partial charge on any atom is -0.395 e. The van der Waals surface area contributed by atoms with Gasteiger partial charge in [-0.25, -0.2) is 0 Å². The van der Waals surface area contributed by atoms with E-state index in [1.807, 2.05) is 0 Å². The predicted molar refractivity (Wildman–Crippen MR) is 79.4 cm³/mol. The second-order valence-corrected chi connectivity index (χ2v) is 6.21. The van der Waals surface area contributed by atoms with E-state index in [9.17, 15) is 5.11 Å². The van der Waals surface area contributed by atoms with E-state index in [1.54, 1.807) is 0 Å². The molecule has 0 aromatic carbocycles. The Morgan fingerprint density at radius 1 is 1.32 bits per heavy atom. The molecule has 2 fully saturated rings. The monoisotopic (exact) mass is 269 g/mol. The van der Waals surface area contributed by atoms with Gasteiger partial charge in [-0.1, -0.05) is 13.3 Å². The number of aliphatic hydroxyl groups excluding tert-OH is 1. The van der Waals surface area contributed by atoms with Crippen molar-refractivity contribution < 1.29 is 5.11 Å². The molecule has 2 saturated heterocycles. The summed E-state index contributed by atoms with van der Waals surface area (Å²) < 4.78 is 0.